The van der Waals surface area contributed by atoms with E-state index in [2.05, 4.69) is 30.9 Å². The first-order chi connectivity index (χ1) is 9.13. The first-order valence-corrected chi connectivity index (χ1v) is 6.52. The van der Waals surface area contributed by atoms with Crippen molar-refractivity contribution in [2.24, 2.45) is 0 Å². The third-order valence-electron chi connectivity index (χ3n) is 3.09. The molecule has 0 radical (unpaired) electrons. The van der Waals surface area contributed by atoms with Crippen LogP contribution >= 0.6 is 15.9 Å². The Kier molecular flexibility index (Phi) is 3.11. The Morgan fingerprint density at radius 1 is 1.47 bits per heavy atom. The van der Waals surface area contributed by atoms with Crippen molar-refractivity contribution in [2.45, 2.75) is 23.3 Å². The molecule has 0 aromatic carbocycles. The molecule has 3 heterocycles. The highest BCUT2D eigenvalue weighted by Crippen LogP contribution is 2.37. The molecular formula is C10H11BrFN5O2. The van der Waals surface area contributed by atoms with Gasteiger partial charge in [-0.2, -0.15) is 0 Å². The minimum absolute atomic E-state index is 0.228. The minimum atomic E-state index is -1.33. The summed E-state index contributed by atoms with van der Waals surface area (Å²) < 4.78 is 21.1. The minimum Gasteiger partial charge on any atom is -0.394 e. The summed E-state index contributed by atoms with van der Waals surface area (Å²) in [6, 6.07) is 0. The zero-order chi connectivity index (χ0) is 13.6. The quantitative estimate of drug-likeness (QED) is 0.773. The molecule has 1 fully saturated rings. The van der Waals surface area contributed by atoms with Crippen LogP contribution in [0.25, 0.3) is 11.2 Å². The largest absolute Gasteiger partial charge is 0.394 e. The number of aromatic nitrogens is 4. The first kappa shape index (κ1) is 12.7. The van der Waals surface area contributed by atoms with Gasteiger partial charge in [0.05, 0.1) is 23.9 Å². The van der Waals surface area contributed by atoms with E-state index in [1.54, 1.807) is 0 Å². The van der Waals surface area contributed by atoms with E-state index in [1.807, 2.05) is 0 Å². The van der Waals surface area contributed by atoms with Crippen LogP contribution in [0.3, 0.4) is 0 Å². The standard InChI is InChI=1S/C10H11BrFN5O2/c11-5-4(1-18)19-10(6(5)12)17-3-16-7-8(13)14-2-15-9(7)17/h2-6,10,18H,1H2,(H2,13,14,15)/t4-,5?,6?,10-/m1/s1. The van der Waals surface area contributed by atoms with Crippen LogP contribution in [0, 0.1) is 0 Å². The predicted molar refractivity (Wildman–Crippen MR) is 68.3 cm³/mol. The number of fused-ring (bicyclic) bond motifs is 1. The number of halogens is 2. The van der Waals surface area contributed by atoms with E-state index >= 15 is 0 Å². The summed E-state index contributed by atoms with van der Waals surface area (Å²) in [5.74, 6) is 0.228. The second-order valence-corrected chi connectivity index (χ2v) is 5.28. The van der Waals surface area contributed by atoms with Gasteiger partial charge >= 0.3 is 0 Å². The number of aliphatic hydroxyl groups is 1. The van der Waals surface area contributed by atoms with Crippen LogP contribution in [0.1, 0.15) is 6.23 Å². The van der Waals surface area contributed by atoms with Gasteiger partial charge in [-0.1, -0.05) is 15.9 Å². The monoisotopic (exact) mass is 331 g/mol. The number of anilines is 1. The number of aliphatic hydroxyl groups excluding tert-OH is 1. The van der Waals surface area contributed by atoms with Crippen LogP contribution < -0.4 is 5.73 Å². The van der Waals surface area contributed by atoms with Crippen molar-refractivity contribution in [1.82, 2.24) is 19.5 Å². The Labute approximate surface area is 115 Å². The van der Waals surface area contributed by atoms with Gasteiger partial charge < -0.3 is 15.6 Å². The van der Waals surface area contributed by atoms with Gasteiger partial charge in [0.25, 0.3) is 0 Å². The van der Waals surface area contributed by atoms with Gasteiger partial charge in [-0.25, -0.2) is 19.3 Å². The lowest BCUT2D eigenvalue weighted by molar-refractivity contribution is -0.0347. The predicted octanol–water partition coefficient (Wildman–Crippen LogP) is 0.400. The average molecular weight is 332 g/mol. The van der Waals surface area contributed by atoms with Crippen LogP contribution in [-0.2, 0) is 4.74 Å². The second kappa shape index (κ2) is 4.66. The SMILES string of the molecule is Nc1ncnc2c1ncn2[C@@H]1O[C@H](CO)C(Br)C1F. The van der Waals surface area contributed by atoms with Crippen molar-refractivity contribution in [1.29, 1.82) is 0 Å². The molecule has 19 heavy (non-hydrogen) atoms. The molecule has 1 aliphatic heterocycles. The van der Waals surface area contributed by atoms with E-state index in [9.17, 15) is 4.39 Å². The number of nitrogens with two attached hydrogens (primary N) is 1. The maximum atomic E-state index is 14.2. The summed E-state index contributed by atoms with van der Waals surface area (Å²) in [5.41, 5.74) is 6.47. The number of hydrogen-bond donors (Lipinski definition) is 2. The molecule has 1 saturated heterocycles. The molecule has 102 valence electrons. The van der Waals surface area contributed by atoms with Crippen LogP contribution in [0.15, 0.2) is 12.7 Å². The molecule has 2 unspecified atom stereocenters. The molecule has 4 atom stereocenters. The maximum Gasteiger partial charge on any atom is 0.169 e. The molecule has 2 aromatic heterocycles. The third-order valence-corrected chi connectivity index (χ3v) is 4.18. The number of ether oxygens (including phenoxy) is 1. The summed E-state index contributed by atoms with van der Waals surface area (Å²) in [7, 11) is 0. The van der Waals surface area contributed by atoms with Crippen LogP contribution in [0.5, 0.6) is 0 Å². The highest BCUT2D eigenvalue weighted by Gasteiger charge is 2.44. The number of rotatable bonds is 2. The van der Waals surface area contributed by atoms with Gasteiger partial charge in [0.2, 0.25) is 0 Å². The van der Waals surface area contributed by atoms with E-state index < -0.39 is 23.3 Å². The fraction of sp³-hybridized carbons (Fsp3) is 0.500. The van der Waals surface area contributed by atoms with E-state index in [-0.39, 0.29) is 12.4 Å². The normalized spacial score (nSPS) is 31.1. The summed E-state index contributed by atoms with van der Waals surface area (Å²) >= 11 is 3.18. The Bertz CT molecular complexity index is 609. The zero-order valence-electron chi connectivity index (χ0n) is 9.65. The topological polar surface area (TPSA) is 99.1 Å². The summed E-state index contributed by atoms with van der Waals surface area (Å²) in [4.78, 5) is 11.3. The Morgan fingerprint density at radius 2 is 2.26 bits per heavy atom. The molecule has 3 N–H and O–H groups in total. The molecule has 1 aliphatic rings. The van der Waals surface area contributed by atoms with Crippen molar-refractivity contribution in [3.63, 3.8) is 0 Å². The van der Waals surface area contributed by atoms with Crippen molar-refractivity contribution in [3.8, 4) is 0 Å². The molecule has 0 spiro atoms. The smallest absolute Gasteiger partial charge is 0.169 e. The number of alkyl halides is 2. The Balaban J connectivity index is 2.04. The number of nitrogens with zero attached hydrogens (tertiary/aromatic N) is 4. The molecule has 0 bridgehead atoms. The average Bonchev–Trinajstić information content (AvgIpc) is 2.94. The van der Waals surface area contributed by atoms with E-state index in [1.165, 1.54) is 17.2 Å². The summed E-state index contributed by atoms with van der Waals surface area (Å²) in [5, 5.41) is 9.13. The van der Waals surface area contributed by atoms with E-state index in [0.717, 1.165) is 0 Å². The third kappa shape index (κ3) is 1.88. The molecule has 3 rings (SSSR count). The van der Waals surface area contributed by atoms with Crippen LogP contribution in [0.4, 0.5) is 10.2 Å². The van der Waals surface area contributed by atoms with E-state index in [4.69, 9.17) is 15.6 Å². The molecule has 7 nitrogen and oxygen atoms in total. The van der Waals surface area contributed by atoms with Crippen molar-refractivity contribution in [3.05, 3.63) is 12.7 Å². The van der Waals surface area contributed by atoms with Crippen molar-refractivity contribution in [2.75, 3.05) is 12.3 Å². The lowest BCUT2D eigenvalue weighted by Crippen LogP contribution is -2.24. The summed E-state index contributed by atoms with van der Waals surface area (Å²) in [6.45, 7) is -0.267. The Morgan fingerprint density at radius 3 is 2.95 bits per heavy atom. The number of nitrogen functional groups attached to an aromatic ring is 1. The maximum absolute atomic E-state index is 14.2. The highest BCUT2D eigenvalue weighted by atomic mass is 79.9. The van der Waals surface area contributed by atoms with Crippen LogP contribution in [-0.4, -0.2) is 48.3 Å². The molecular weight excluding hydrogens is 321 g/mol. The van der Waals surface area contributed by atoms with Gasteiger partial charge in [-0.05, 0) is 0 Å². The van der Waals surface area contributed by atoms with E-state index in [0.29, 0.717) is 11.2 Å². The molecule has 0 amide bonds. The Hall–Kier alpha value is -1.32. The van der Waals surface area contributed by atoms with Crippen molar-refractivity contribution < 1.29 is 14.2 Å². The number of hydrogen-bond acceptors (Lipinski definition) is 6. The highest BCUT2D eigenvalue weighted by molar-refractivity contribution is 9.09. The van der Waals surface area contributed by atoms with Gasteiger partial charge in [-0.3, -0.25) is 4.57 Å². The first-order valence-electron chi connectivity index (χ1n) is 5.61. The van der Waals surface area contributed by atoms with Gasteiger partial charge in [-0.15, -0.1) is 0 Å². The lowest BCUT2D eigenvalue weighted by Gasteiger charge is -2.15. The zero-order valence-corrected chi connectivity index (χ0v) is 11.2. The van der Waals surface area contributed by atoms with Gasteiger partial charge in [0, 0.05) is 0 Å². The van der Waals surface area contributed by atoms with Crippen molar-refractivity contribution >= 4 is 32.9 Å². The summed E-state index contributed by atoms with van der Waals surface area (Å²) in [6.07, 6.45) is -0.150. The molecule has 0 aliphatic carbocycles. The fourth-order valence-corrected chi connectivity index (χ4v) is 2.66. The molecule has 0 saturated carbocycles. The molecule has 9 heteroatoms. The second-order valence-electron chi connectivity index (χ2n) is 4.22. The van der Waals surface area contributed by atoms with Crippen LogP contribution in [0.2, 0.25) is 0 Å². The fourth-order valence-electron chi connectivity index (χ4n) is 2.11. The lowest BCUT2D eigenvalue weighted by atomic mass is 10.2. The van der Waals surface area contributed by atoms with Gasteiger partial charge in [0.1, 0.15) is 11.8 Å². The molecule has 2 aromatic rings. The van der Waals surface area contributed by atoms with Gasteiger partial charge in [0.15, 0.2) is 23.9 Å². The number of imidazole rings is 1.